The summed E-state index contributed by atoms with van der Waals surface area (Å²) in [4.78, 5) is 17.6. The summed E-state index contributed by atoms with van der Waals surface area (Å²) in [6.07, 6.45) is 4.61. The molecule has 0 radical (unpaired) electrons. The summed E-state index contributed by atoms with van der Waals surface area (Å²) in [7, 11) is 0. The number of carbonyl (C=O) groups excluding carboxylic acids is 1. The number of anilines is 1. The summed E-state index contributed by atoms with van der Waals surface area (Å²) in [5.41, 5.74) is 2.67. The number of hydrogen-bond donors (Lipinski definition) is 1. The number of carbonyl (C=O) groups is 1. The predicted molar refractivity (Wildman–Crippen MR) is 141 cm³/mol. The Morgan fingerprint density at radius 1 is 1.22 bits per heavy atom. The number of nitrogens with zero attached hydrogens (tertiary/aromatic N) is 3. The lowest BCUT2D eigenvalue weighted by atomic mass is 9.80. The highest BCUT2D eigenvalue weighted by molar-refractivity contribution is 6.35. The van der Waals surface area contributed by atoms with Crippen molar-refractivity contribution in [1.82, 2.24) is 9.80 Å². The molecule has 5 rings (SSSR count). The minimum atomic E-state index is -0.738. The van der Waals surface area contributed by atoms with Gasteiger partial charge in [-0.15, -0.1) is 0 Å². The molecule has 2 amide bonds. The molecule has 0 bridgehead atoms. The van der Waals surface area contributed by atoms with Gasteiger partial charge in [-0.25, -0.2) is 9.18 Å². The van der Waals surface area contributed by atoms with E-state index in [1.165, 1.54) is 5.56 Å². The molecule has 4 atom stereocenters. The van der Waals surface area contributed by atoms with Crippen molar-refractivity contribution in [2.24, 2.45) is 5.92 Å². The molecule has 3 fully saturated rings. The average Bonchev–Trinajstić information content (AvgIpc) is 3.46. The average molecular weight is 529 g/mol. The molecule has 1 aliphatic heterocycles. The molecule has 0 spiro atoms. The van der Waals surface area contributed by atoms with E-state index in [9.17, 15) is 14.4 Å². The van der Waals surface area contributed by atoms with Crippen molar-refractivity contribution in [1.29, 1.82) is 5.26 Å². The van der Waals surface area contributed by atoms with Gasteiger partial charge in [-0.2, -0.15) is 5.26 Å². The molecule has 1 N–H and O–H groups in total. The quantitative estimate of drug-likeness (QED) is 0.437. The molecule has 2 saturated carbocycles. The Morgan fingerprint density at radius 3 is 2.72 bits per heavy atom. The Bertz CT molecular complexity index is 1150. The van der Waals surface area contributed by atoms with Crippen LogP contribution in [0.5, 0.6) is 0 Å². The SMILES string of the molecule is N#Cc1cccc([C@]23CC[C@@H](N(CCCN4CC[C@H](F)C4)C(=O)Nc4cc(Cl)cc(Cl)c4)CC2C3)c1. The van der Waals surface area contributed by atoms with Crippen molar-refractivity contribution in [2.45, 2.75) is 56.2 Å². The third kappa shape index (κ3) is 5.49. The van der Waals surface area contributed by atoms with E-state index >= 15 is 0 Å². The largest absolute Gasteiger partial charge is 0.322 e. The van der Waals surface area contributed by atoms with Crippen molar-refractivity contribution >= 4 is 34.9 Å². The van der Waals surface area contributed by atoms with E-state index in [-0.39, 0.29) is 17.5 Å². The minimum Gasteiger partial charge on any atom is -0.321 e. The first-order chi connectivity index (χ1) is 17.4. The fraction of sp³-hybridized carbons (Fsp3) is 0.500. The molecule has 1 unspecified atom stereocenters. The van der Waals surface area contributed by atoms with Crippen LogP contribution in [0.25, 0.3) is 0 Å². The smallest absolute Gasteiger partial charge is 0.321 e. The van der Waals surface area contributed by atoms with Gasteiger partial charge in [-0.1, -0.05) is 35.3 Å². The zero-order chi connectivity index (χ0) is 25.3. The lowest BCUT2D eigenvalue weighted by molar-refractivity contribution is 0.155. The molecule has 190 valence electrons. The first-order valence-electron chi connectivity index (χ1n) is 12.8. The van der Waals surface area contributed by atoms with E-state index in [4.69, 9.17) is 23.2 Å². The fourth-order valence-corrected chi connectivity index (χ4v) is 6.80. The molecule has 0 aromatic heterocycles. The van der Waals surface area contributed by atoms with E-state index in [0.717, 1.165) is 45.2 Å². The van der Waals surface area contributed by atoms with Crippen molar-refractivity contribution in [3.05, 3.63) is 63.6 Å². The van der Waals surface area contributed by atoms with Crippen LogP contribution in [-0.2, 0) is 5.41 Å². The Morgan fingerprint density at radius 2 is 2.03 bits per heavy atom. The van der Waals surface area contributed by atoms with Crippen LogP contribution in [-0.4, -0.2) is 54.2 Å². The van der Waals surface area contributed by atoms with Gasteiger partial charge < -0.3 is 15.1 Å². The van der Waals surface area contributed by atoms with Crippen LogP contribution in [0.2, 0.25) is 10.0 Å². The second-order valence-corrected chi connectivity index (χ2v) is 11.4. The fourth-order valence-electron chi connectivity index (χ4n) is 6.27. The van der Waals surface area contributed by atoms with E-state index in [2.05, 4.69) is 22.4 Å². The molecular formula is C28H31Cl2FN4O. The highest BCUT2D eigenvalue weighted by Gasteiger charge is 2.58. The summed E-state index contributed by atoms with van der Waals surface area (Å²) >= 11 is 12.3. The number of halogens is 3. The Hall–Kier alpha value is -2.33. The summed E-state index contributed by atoms with van der Waals surface area (Å²) < 4.78 is 13.6. The van der Waals surface area contributed by atoms with Crippen LogP contribution in [0.1, 0.15) is 49.7 Å². The second kappa shape index (κ2) is 10.6. The maximum Gasteiger partial charge on any atom is 0.322 e. The molecule has 36 heavy (non-hydrogen) atoms. The molecule has 2 aromatic rings. The monoisotopic (exact) mass is 528 g/mol. The number of fused-ring (bicyclic) bond motifs is 1. The van der Waals surface area contributed by atoms with Crippen LogP contribution in [0.4, 0.5) is 14.9 Å². The standard InChI is InChI=1S/C28H31Cl2FN4O/c29-22-13-23(30)15-25(14-22)33-27(36)35(9-2-8-34-10-6-24(31)18-34)26-5-7-28(16-21(28)12-26)20-4-1-3-19(11-20)17-32/h1,3-4,11,13-15,21,24,26H,2,5-10,12,16,18H2,(H,33,36)/t21?,24-,26+,28+/m0/s1. The van der Waals surface area contributed by atoms with E-state index in [1.54, 1.807) is 18.2 Å². The number of hydrogen-bond acceptors (Lipinski definition) is 3. The van der Waals surface area contributed by atoms with Crippen molar-refractivity contribution < 1.29 is 9.18 Å². The minimum absolute atomic E-state index is 0.131. The van der Waals surface area contributed by atoms with Gasteiger partial charge in [0.15, 0.2) is 0 Å². The zero-order valence-corrected chi connectivity index (χ0v) is 21.7. The van der Waals surface area contributed by atoms with Gasteiger partial charge in [0, 0.05) is 41.4 Å². The lowest BCUT2D eigenvalue weighted by Crippen LogP contribution is -2.46. The third-order valence-electron chi connectivity index (χ3n) is 8.18. The maximum atomic E-state index is 13.6. The van der Waals surface area contributed by atoms with E-state index in [1.807, 2.05) is 23.1 Å². The van der Waals surface area contributed by atoms with Gasteiger partial charge in [0.1, 0.15) is 6.17 Å². The molecule has 3 aliphatic rings. The van der Waals surface area contributed by atoms with Gasteiger partial charge in [-0.3, -0.25) is 0 Å². The first kappa shape index (κ1) is 25.3. The number of likely N-dealkylation sites (tertiary alicyclic amines) is 1. The first-order valence-corrected chi connectivity index (χ1v) is 13.5. The van der Waals surface area contributed by atoms with Crippen LogP contribution >= 0.6 is 23.2 Å². The van der Waals surface area contributed by atoms with E-state index in [0.29, 0.717) is 46.7 Å². The number of rotatable bonds is 7. The number of urea groups is 1. The summed E-state index contributed by atoms with van der Waals surface area (Å²) in [5, 5.41) is 13.3. The molecular weight excluding hydrogens is 498 g/mol. The summed E-state index contributed by atoms with van der Waals surface area (Å²) in [6, 6.07) is 15.3. The summed E-state index contributed by atoms with van der Waals surface area (Å²) in [5.74, 6) is 0.506. The van der Waals surface area contributed by atoms with Gasteiger partial charge >= 0.3 is 6.03 Å². The normalized spacial score (nSPS) is 27.2. The van der Waals surface area contributed by atoms with Crippen molar-refractivity contribution in [3.63, 3.8) is 0 Å². The topological polar surface area (TPSA) is 59.4 Å². The lowest BCUT2D eigenvalue weighted by Gasteiger charge is -2.37. The van der Waals surface area contributed by atoms with Crippen LogP contribution in [0.15, 0.2) is 42.5 Å². The number of amides is 2. The van der Waals surface area contributed by atoms with Crippen LogP contribution < -0.4 is 5.32 Å². The molecule has 1 heterocycles. The van der Waals surface area contributed by atoms with Gasteiger partial charge in [-0.05, 0) is 92.3 Å². The molecule has 2 aliphatic carbocycles. The van der Waals surface area contributed by atoms with Crippen LogP contribution in [0, 0.1) is 17.2 Å². The summed E-state index contributed by atoms with van der Waals surface area (Å²) in [6.45, 7) is 2.67. The molecule has 1 saturated heterocycles. The van der Waals surface area contributed by atoms with Crippen molar-refractivity contribution in [2.75, 3.05) is 31.5 Å². The van der Waals surface area contributed by atoms with E-state index < -0.39 is 6.17 Å². The van der Waals surface area contributed by atoms with Gasteiger partial charge in [0.05, 0.1) is 11.6 Å². The Labute approximate surface area is 222 Å². The predicted octanol–water partition coefficient (Wildman–Crippen LogP) is 6.64. The molecule has 2 aromatic carbocycles. The number of nitrogens with one attached hydrogen (secondary N) is 1. The molecule has 8 heteroatoms. The second-order valence-electron chi connectivity index (χ2n) is 10.5. The van der Waals surface area contributed by atoms with Crippen molar-refractivity contribution in [3.8, 4) is 6.07 Å². The maximum absolute atomic E-state index is 13.6. The Balaban J connectivity index is 1.27. The highest BCUT2D eigenvalue weighted by atomic mass is 35.5. The number of nitriles is 1. The van der Waals surface area contributed by atoms with Gasteiger partial charge in [0.25, 0.3) is 0 Å². The molecule has 5 nitrogen and oxygen atoms in total. The number of benzene rings is 2. The number of alkyl halides is 1. The highest BCUT2D eigenvalue weighted by Crippen LogP contribution is 2.62. The Kier molecular flexibility index (Phi) is 7.44. The zero-order valence-electron chi connectivity index (χ0n) is 20.2. The third-order valence-corrected chi connectivity index (χ3v) is 8.62. The van der Waals surface area contributed by atoms with Crippen LogP contribution in [0.3, 0.4) is 0 Å². The van der Waals surface area contributed by atoms with Gasteiger partial charge in [0.2, 0.25) is 0 Å².